The summed E-state index contributed by atoms with van der Waals surface area (Å²) in [5.41, 5.74) is 2.58. The Bertz CT molecular complexity index is 776. The highest BCUT2D eigenvalue weighted by Crippen LogP contribution is 2.18. The van der Waals surface area contributed by atoms with Crippen molar-refractivity contribution in [3.05, 3.63) is 53.3 Å². The van der Waals surface area contributed by atoms with Crippen LogP contribution < -0.4 is 0 Å². The van der Waals surface area contributed by atoms with Gasteiger partial charge >= 0.3 is 5.97 Å². The van der Waals surface area contributed by atoms with E-state index in [0.29, 0.717) is 13.1 Å². The summed E-state index contributed by atoms with van der Waals surface area (Å²) >= 11 is 0. The van der Waals surface area contributed by atoms with Crippen molar-refractivity contribution in [1.29, 1.82) is 0 Å². The average molecular weight is 371 g/mol. The standard InChI is InChI=1S/C21H29N3O3/c1-16-13-17(2)24(22-16)12-11-20(26)27-15-19(25)23(21(3,4)5)14-18-9-7-6-8-10-18/h6-10,13H,11-12,14-15H2,1-5H3. The van der Waals surface area contributed by atoms with Gasteiger partial charge in [0.15, 0.2) is 6.61 Å². The molecule has 1 aromatic heterocycles. The number of carbonyl (C=O) groups excluding carboxylic acids is 2. The second-order valence-electron chi connectivity index (χ2n) is 7.70. The molecule has 0 saturated heterocycles. The predicted molar refractivity (Wildman–Crippen MR) is 104 cm³/mol. The second kappa shape index (κ2) is 8.84. The van der Waals surface area contributed by atoms with E-state index in [1.54, 1.807) is 9.58 Å². The van der Waals surface area contributed by atoms with Gasteiger partial charge in [0.1, 0.15) is 0 Å². The quantitative estimate of drug-likeness (QED) is 0.701. The van der Waals surface area contributed by atoms with Gasteiger partial charge in [-0.25, -0.2) is 0 Å². The lowest BCUT2D eigenvalue weighted by Crippen LogP contribution is -2.46. The van der Waals surface area contributed by atoms with Crippen molar-refractivity contribution < 1.29 is 14.3 Å². The summed E-state index contributed by atoms with van der Waals surface area (Å²) in [4.78, 5) is 26.4. The van der Waals surface area contributed by atoms with Crippen LogP contribution in [-0.4, -0.2) is 38.7 Å². The number of nitrogens with zero attached hydrogens (tertiary/aromatic N) is 3. The van der Waals surface area contributed by atoms with Gasteiger partial charge in [0.05, 0.1) is 18.7 Å². The number of amides is 1. The normalized spacial score (nSPS) is 11.3. The summed E-state index contributed by atoms with van der Waals surface area (Å²) in [5, 5.41) is 4.32. The molecule has 0 unspecified atom stereocenters. The van der Waals surface area contributed by atoms with Crippen molar-refractivity contribution in [1.82, 2.24) is 14.7 Å². The van der Waals surface area contributed by atoms with Crippen molar-refractivity contribution >= 4 is 11.9 Å². The highest BCUT2D eigenvalue weighted by molar-refractivity contribution is 5.81. The number of ether oxygens (including phenoxy) is 1. The van der Waals surface area contributed by atoms with Gasteiger partial charge in [0, 0.05) is 17.8 Å². The fourth-order valence-electron chi connectivity index (χ4n) is 2.86. The Morgan fingerprint density at radius 3 is 2.37 bits per heavy atom. The fraction of sp³-hybridized carbons (Fsp3) is 0.476. The van der Waals surface area contributed by atoms with Crippen LogP contribution in [0.1, 0.15) is 44.1 Å². The summed E-state index contributed by atoms with van der Waals surface area (Å²) < 4.78 is 6.99. The molecule has 0 bridgehead atoms. The number of rotatable bonds is 7. The van der Waals surface area contributed by atoms with Crippen LogP contribution in [0.25, 0.3) is 0 Å². The smallest absolute Gasteiger partial charge is 0.308 e. The van der Waals surface area contributed by atoms with Crippen LogP contribution in [-0.2, 0) is 27.4 Å². The minimum atomic E-state index is -0.399. The molecule has 0 atom stereocenters. The summed E-state index contributed by atoms with van der Waals surface area (Å²) in [6.45, 7) is 10.4. The van der Waals surface area contributed by atoms with Crippen LogP contribution in [0, 0.1) is 13.8 Å². The summed E-state index contributed by atoms with van der Waals surface area (Å²) in [7, 11) is 0. The van der Waals surface area contributed by atoms with Crippen LogP contribution in [0.4, 0.5) is 0 Å². The van der Waals surface area contributed by atoms with E-state index in [2.05, 4.69) is 5.10 Å². The fourth-order valence-corrected chi connectivity index (χ4v) is 2.86. The molecule has 2 aromatic rings. The minimum absolute atomic E-state index is 0.184. The lowest BCUT2D eigenvalue weighted by Gasteiger charge is -2.35. The van der Waals surface area contributed by atoms with Gasteiger partial charge in [-0.3, -0.25) is 14.3 Å². The third kappa shape index (κ3) is 6.24. The van der Waals surface area contributed by atoms with Crippen LogP contribution in [0.2, 0.25) is 0 Å². The average Bonchev–Trinajstić information content (AvgIpc) is 2.93. The highest BCUT2D eigenvalue weighted by Gasteiger charge is 2.27. The van der Waals surface area contributed by atoms with Gasteiger partial charge in [0.25, 0.3) is 5.91 Å². The summed E-state index contributed by atoms with van der Waals surface area (Å²) in [6.07, 6.45) is 0.184. The Morgan fingerprint density at radius 1 is 1.15 bits per heavy atom. The third-order valence-electron chi connectivity index (χ3n) is 4.28. The van der Waals surface area contributed by atoms with E-state index in [0.717, 1.165) is 17.0 Å². The molecule has 0 spiro atoms. The van der Waals surface area contributed by atoms with E-state index in [9.17, 15) is 9.59 Å². The third-order valence-corrected chi connectivity index (χ3v) is 4.28. The van der Waals surface area contributed by atoms with Crippen molar-refractivity contribution in [2.24, 2.45) is 0 Å². The molecule has 0 aliphatic heterocycles. The second-order valence-corrected chi connectivity index (χ2v) is 7.70. The molecule has 0 radical (unpaired) electrons. The van der Waals surface area contributed by atoms with Crippen molar-refractivity contribution in [3.8, 4) is 0 Å². The first-order valence-corrected chi connectivity index (χ1v) is 9.18. The van der Waals surface area contributed by atoms with E-state index in [-0.39, 0.29) is 24.5 Å². The van der Waals surface area contributed by atoms with Crippen molar-refractivity contribution in [3.63, 3.8) is 0 Å². The van der Waals surface area contributed by atoms with E-state index < -0.39 is 5.97 Å². The van der Waals surface area contributed by atoms with Crippen molar-refractivity contribution in [2.45, 2.75) is 59.7 Å². The van der Waals surface area contributed by atoms with Gasteiger partial charge in [0.2, 0.25) is 0 Å². The number of carbonyl (C=O) groups is 2. The molecule has 2 rings (SSSR count). The molecular formula is C21H29N3O3. The maximum absolute atomic E-state index is 12.7. The Morgan fingerprint density at radius 2 is 1.81 bits per heavy atom. The molecule has 1 amide bonds. The van der Waals surface area contributed by atoms with E-state index in [4.69, 9.17) is 4.74 Å². The molecule has 6 heteroatoms. The van der Waals surface area contributed by atoms with Gasteiger partial charge < -0.3 is 9.64 Å². The molecule has 6 nitrogen and oxygen atoms in total. The van der Waals surface area contributed by atoms with E-state index in [1.165, 1.54) is 0 Å². The zero-order valence-electron chi connectivity index (χ0n) is 16.9. The molecule has 1 heterocycles. The van der Waals surface area contributed by atoms with Gasteiger partial charge in [-0.05, 0) is 46.2 Å². The van der Waals surface area contributed by atoms with Gasteiger partial charge in [-0.1, -0.05) is 30.3 Å². The van der Waals surface area contributed by atoms with Gasteiger partial charge in [-0.15, -0.1) is 0 Å². The van der Waals surface area contributed by atoms with E-state index >= 15 is 0 Å². The monoisotopic (exact) mass is 371 g/mol. The SMILES string of the molecule is Cc1cc(C)n(CCC(=O)OCC(=O)N(Cc2ccccc2)C(C)(C)C)n1. The lowest BCUT2D eigenvalue weighted by molar-refractivity contribution is -0.154. The Labute approximate surface area is 161 Å². The van der Waals surface area contributed by atoms with Crippen LogP contribution in [0.3, 0.4) is 0 Å². The number of hydrogen-bond donors (Lipinski definition) is 0. The molecule has 0 fully saturated rings. The van der Waals surface area contributed by atoms with Gasteiger partial charge in [-0.2, -0.15) is 5.10 Å². The molecule has 0 saturated carbocycles. The minimum Gasteiger partial charge on any atom is -0.456 e. The van der Waals surface area contributed by atoms with E-state index in [1.807, 2.05) is 71.0 Å². The maximum Gasteiger partial charge on any atom is 0.308 e. The number of aromatic nitrogens is 2. The molecule has 0 N–H and O–H groups in total. The highest BCUT2D eigenvalue weighted by atomic mass is 16.5. The Balaban J connectivity index is 1.89. The molecule has 27 heavy (non-hydrogen) atoms. The zero-order chi connectivity index (χ0) is 20.0. The molecule has 0 aliphatic carbocycles. The number of esters is 1. The predicted octanol–water partition coefficient (Wildman–Crippen LogP) is 3.26. The Hall–Kier alpha value is -2.63. The van der Waals surface area contributed by atoms with Crippen LogP contribution in [0.5, 0.6) is 0 Å². The molecule has 0 aliphatic rings. The number of benzene rings is 1. The summed E-state index contributed by atoms with van der Waals surface area (Å²) in [6, 6.07) is 11.7. The number of hydrogen-bond acceptors (Lipinski definition) is 4. The maximum atomic E-state index is 12.7. The largest absolute Gasteiger partial charge is 0.456 e. The topological polar surface area (TPSA) is 64.4 Å². The number of aryl methyl sites for hydroxylation is 3. The van der Waals surface area contributed by atoms with Crippen LogP contribution in [0.15, 0.2) is 36.4 Å². The summed E-state index contributed by atoms with van der Waals surface area (Å²) in [5.74, 6) is -0.602. The van der Waals surface area contributed by atoms with Crippen LogP contribution >= 0.6 is 0 Å². The first-order chi connectivity index (χ1) is 12.7. The zero-order valence-corrected chi connectivity index (χ0v) is 16.9. The first-order valence-electron chi connectivity index (χ1n) is 9.18. The lowest BCUT2D eigenvalue weighted by atomic mass is 10.0. The molecular weight excluding hydrogens is 342 g/mol. The molecule has 146 valence electrons. The van der Waals surface area contributed by atoms with Crippen molar-refractivity contribution in [2.75, 3.05) is 6.61 Å². The first kappa shape index (κ1) is 20.7. The Kier molecular flexibility index (Phi) is 6.77. The molecule has 1 aromatic carbocycles.